The van der Waals surface area contributed by atoms with Gasteiger partial charge in [0.25, 0.3) is 0 Å². The van der Waals surface area contributed by atoms with Gasteiger partial charge in [0.1, 0.15) is 5.82 Å². The second-order valence-corrected chi connectivity index (χ2v) is 3.31. The fourth-order valence-corrected chi connectivity index (χ4v) is 1.42. The van der Waals surface area contributed by atoms with Crippen molar-refractivity contribution >= 4 is 5.97 Å². The van der Waals surface area contributed by atoms with Crippen molar-refractivity contribution < 1.29 is 19.4 Å². The summed E-state index contributed by atoms with van der Waals surface area (Å²) in [4.78, 5) is 10.9. The molecule has 0 aliphatic carbocycles. The van der Waals surface area contributed by atoms with Crippen LogP contribution in [0.1, 0.15) is 24.3 Å². The molecule has 0 aliphatic heterocycles. The van der Waals surface area contributed by atoms with E-state index in [2.05, 4.69) is 0 Å². The standard InChI is InChI=1S/C11H13FO3/c12-9-5-3-8(4-6-9)10(11(14)15)2-1-7-13/h3-6,10,13H,1-2,7H2,(H,14,15)/t10-/m0/s1. The maximum Gasteiger partial charge on any atom is 0.310 e. The molecule has 3 nitrogen and oxygen atoms in total. The number of aliphatic hydroxyl groups excluding tert-OH is 1. The summed E-state index contributed by atoms with van der Waals surface area (Å²) in [5.41, 5.74) is 0.567. The Kier molecular flexibility index (Phi) is 4.24. The molecular formula is C11H13FO3. The van der Waals surface area contributed by atoms with Crippen molar-refractivity contribution in [2.75, 3.05) is 6.61 Å². The van der Waals surface area contributed by atoms with Crippen LogP contribution in [0.2, 0.25) is 0 Å². The fraction of sp³-hybridized carbons (Fsp3) is 0.364. The number of aliphatic carboxylic acids is 1. The van der Waals surface area contributed by atoms with Gasteiger partial charge < -0.3 is 10.2 Å². The molecule has 0 heterocycles. The first-order valence-corrected chi connectivity index (χ1v) is 4.74. The molecule has 0 radical (unpaired) electrons. The number of benzene rings is 1. The Morgan fingerprint density at radius 2 is 1.93 bits per heavy atom. The topological polar surface area (TPSA) is 57.5 Å². The molecule has 0 saturated carbocycles. The number of hydrogen-bond acceptors (Lipinski definition) is 2. The normalized spacial score (nSPS) is 12.4. The zero-order valence-electron chi connectivity index (χ0n) is 8.19. The molecule has 0 aromatic heterocycles. The van der Waals surface area contributed by atoms with Crippen LogP contribution < -0.4 is 0 Å². The number of hydrogen-bond donors (Lipinski definition) is 2. The number of rotatable bonds is 5. The largest absolute Gasteiger partial charge is 0.481 e. The lowest BCUT2D eigenvalue weighted by Gasteiger charge is -2.11. The van der Waals surface area contributed by atoms with Gasteiger partial charge in [-0.2, -0.15) is 0 Å². The van der Waals surface area contributed by atoms with Crippen LogP contribution in [0.25, 0.3) is 0 Å². The quantitative estimate of drug-likeness (QED) is 0.782. The molecule has 0 saturated heterocycles. The summed E-state index contributed by atoms with van der Waals surface area (Å²) in [6.07, 6.45) is 0.784. The Bertz CT molecular complexity index is 321. The van der Waals surface area contributed by atoms with Crippen molar-refractivity contribution in [2.45, 2.75) is 18.8 Å². The first-order valence-electron chi connectivity index (χ1n) is 4.74. The first kappa shape index (κ1) is 11.7. The van der Waals surface area contributed by atoms with Crippen molar-refractivity contribution in [3.63, 3.8) is 0 Å². The van der Waals surface area contributed by atoms with E-state index in [0.717, 1.165) is 0 Å². The number of aliphatic hydroxyl groups is 1. The lowest BCUT2D eigenvalue weighted by Crippen LogP contribution is -2.12. The van der Waals surface area contributed by atoms with Gasteiger partial charge in [-0.3, -0.25) is 4.79 Å². The fourth-order valence-electron chi connectivity index (χ4n) is 1.42. The van der Waals surface area contributed by atoms with Crippen molar-refractivity contribution in [1.82, 2.24) is 0 Å². The van der Waals surface area contributed by atoms with E-state index >= 15 is 0 Å². The van der Waals surface area contributed by atoms with E-state index in [1.165, 1.54) is 24.3 Å². The van der Waals surface area contributed by atoms with E-state index in [9.17, 15) is 9.18 Å². The van der Waals surface area contributed by atoms with Crippen LogP contribution in [0.4, 0.5) is 4.39 Å². The third kappa shape index (κ3) is 3.32. The van der Waals surface area contributed by atoms with Crippen LogP contribution in [-0.4, -0.2) is 22.8 Å². The zero-order chi connectivity index (χ0) is 11.3. The van der Waals surface area contributed by atoms with Gasteiger partial charge in [-0.15, -0.1) is 0 Å². The minimum atomic E-state index is -0.949. The lowest BCUT2D eigenvalue weighted by atomic mass is 9.94. The van der Waals surface area contributed by atoms with Gasteiger partial charge in [0.2, 0.25) is 0 Å². The van der Waals surface area contributed by atoms with Gasteiger partial charge in [0.15, 0.2) is 0 Å². The van der Waals surface area contributed by atoms with Crippen molar-refractivity contribution in [3.05, 3.63) is 35.6 Å². The van der Waals surface area contributed by atoms with Gasteiger partial charge in [-0.05, 0) is 30.5 Å². The molecule has 82 valence electrons. The van der Waals surface area contributed by atoms with Crippen LogP contribution in [0.5, 0.6) is 0 Å². The second kappa shape index (κ2) is 5.46. The van der Waals surface area contributed by atoms with Gasteiger partial charge in [0.05, 0.1) is 5.92 Å². The molecule has 1 atom stereocenters. The molecule has 2 N–H and O–H groups in total. The van der Waals surface area contributed by atoms with Crippen LogP contribution in [0, 0.1) is 5.82 Å². The summed E-state index contributed by atoms with van der Waals surface area (Å²) < 4.78 is 12.6. The smallest absolute Gasteiger partial charge is 0.310 e. The Hall–Kier alpha value is -1.42. The minimum Gasteiger partial charge on any atom is -0.481 e. The highest BCUT2D eigenvalue weighted by atomic mass is 19.1. The van der Waals surface area contributed by atoms with E-state index < -0.39 is 11.9 Å². The summed E-state index contributed by atoms with van der Waals surface area (Å²) in [7, 11) is 0. The average molecular weight is 212 g/mol. The van der Waals surface area contributed by atoms with Crippen molar-refractivity contribution in [3.8, 4) is 0 Å². The second-order valence-electron chi connectivity index (χ2n) is 3.31. The molecule has 0 unspecified atom stereocenters. The SMILES string of the molecule is O=C(O)[C@@H](CCCO)c1ccc(F)cc1. The number of halogens is 1. The predicted octanol–water partition coefficient (Wildman–Crippen LogP) is 1.77. The van der Waals surface area contributed by atoms with E-state index in [-0.39, 0.29) is 12.4 Å². The van der Waals surface area contributed by atoms with Crippen LogP contribution in [0.3, 0.4) is 0 Å². The Morgan fingerprint density at radius 3 is 2.40 bits per heavy atom. The maximum atomic E-state index is 12.6. The molecule has 1 aromatic rings. The summed E-state index contributed by atoms with van der Waals surface area (Å²) >= 11 is 0. The Balaban J connectivity index is 2.79. The van der Waals surface area contributed by atoms with Gasteiger partial charge in [0, 0.05) is 6.61 Å². The van der Waals surface area contributed by atoms with Gasteiger partial charge in [-0.1, -0.05) is 12.1 Å². The van der Waals surface area contributed by atoms with E-state index in [4.69, 9.17) is 10.2 Å². The summed E-state index contributed by atoms with van der Waals surface area (Å²) in [5.74, 6) is -2.00. The molecule has 0 amide bonds. The van der Waals surface area contributed by atoms with Crippen LogP contribution in [0.15, 0.2) is 24.3 Å². The summed E-state index contributed by atoms with van der Waals surface area (Å²) in [5, 5.41) is 17.6. The van der Waals surface area contributed by atoms with E-state index in [1.54, 1.807) is 0 Å². The highest BCUT2D eigenvalue weighted by molar-refractivity contribution is 5.75. The first-order chi connectivity index (χ1) is 7.15. The van der Waals surface area contributed by atoms with Gasteiger partial charge in [-0.25, -0.2) is 4.39 Å². The third-order valence-electron chi connectivity index (χ3n) is 2.22. The molecule has 1 rings (SSSR count). The van der Waals surface area contributed by atoms with E-state index in [1.807, 2.05) is 0 Å². The monoisotopic (exact) mass is 212 g/mol. The molecule has 1 aromatic carbocycles. The third-order valence-corrected chi connectivity index (χ3v) is 2.22. The highest BCUT2D eigenvalue weighted by Crippen LogP contribution is 2.21. The van der Waals surface area contributed by atoms with E-state index in [0.29, 0.717) is 18.4 Å². The summed E-state index contributed by atoms with van der Waals surface area (Å²) in [6, 6.07) is 5.41. The Labute approximate surface area is 87.2 Å². The van der Waals surface area contributed by atoms with Crippen molar-refractivity contribution in [1.29, 1.82) is 0 Å². The number of carboxylic acids is 1. The van der Waals surface area contributed by atoms with Gasteiger partial charge >= 0.3 is 5.97 Å². The Morgan fingerprint density at radius 1 is 1.33 bits per heavy atom. The van der Waals surface area contributed by atoms with Crippen LogP contribution in [-0.2, 0) is 4.79 Å². The molecule has 0 fully saturated rings. The lowest BCUT2D eigenvalue weighted by molar-refractivity contribution is -0.139. The van der Waals surface area contributed by atoms with Crippen molar-refractivity contribution in [2.24, 2.45) is 0 Å². The molecule has 0 aliphatic rings. The zero-order valence-corrected chi connectivity index (χ0v) is 8.19. The van der Waals surface area contributed by atoms with Crippen LogP contribution >= 0.6 is 0 Å². The minimum absolute atomic E-state index is 0.0367. The molecule has 4 heteroatoms. The molecule has 15 heavy (non-hydrogen) atoms. The summed E-state index contributed by atoms with van der Waals surface area (Å²) in [6.45, 7) is -0.0367. The highest BCUT2D eigenvalue weighted by Gasteiger charge is 2.18. The predicted molar refractivity (Wildman–Crippen MR) is 53.1 cm³/mol. The average Bonchev–Trinajstić information content (AvgIpc) is 2.21. The molecule has 0 spiro atoms. The number of carbonyl (C=O) groups is 1. The number of carboxylic acid groups (broad SMARTS) is 1. The molecule has 0 bridgehead atoms. The molecular weight excluding hydrogens is 199 g/mol. The maximum absolute atomic E-state index is 12.6.